The molecule has 0 saturated heterocycles. The average Bonchev–Trinajstić information content (AvgIpc) is 3.60. The third-order valence-corrected chi connectivity index (χ3v) is 8.69. The molecule has 0 spiro atoms. The monoisotopic (exact) mass is 601 g/mol. The number of aromatic nitrogens is 3. The van der Waals surface area contributed by atoms with Crippen molar-refractivity contribution in [3.8, 4) is 56.5 Å². The van der Waals surface area contributed by atoms with Crippen molar-refractivity contribution in [2.45, 2.75) is 0 Å². The third kappa shape index (κ3) is 5.02. The number of rotatable bonds is 5. The minimum Gasteiger partial charge on any atom is -0.435 e. The van der Waals surface area contributed by atoms with Gasteiger partial charge in [0, 0.05) is 27.6 Å². The summed E-state index contributed by atoms with van der Waals surface area (Å²) in [6.45, 7) is 0. The van der Waals surface area contributed by atoms with Gasteiger partial charge in [0.25, 0.3) is 0 Å². The SMILES string of the molecule is c1ccc(-c2cc(-c3ccc4ccccc4c3)nc(-c3cccc(-c4ccc5c(ccc6nc(-c7ccccc7)oc65)c4)c3)n2)cc1. The van der Waals surface area contributed by atoms with Crippen LogP contribution in [0.1, 0.15) is 0 Å². The minimum absolute atomic E-state index is 0.630. The van der Waals surface area contributed by atoms with Crippen LogP contribution in [0.4, 0.5) is 0 Å². The Morgan fingerprint density at radius 3 is 1.81 bits per heavy atom. The third-order valence-electron chi connectivity index (χ3n) is 8.69. The van der Waals surface area contributed by atoms with E-state index in [0.717, 1.165) is 66.6 Å². The fraction of sp³-hybridized carbons (Fsp3) is 0. The van der Waals surface area contributed by atoms with Crippen LogP contribution in [0.3, 0.4) is 0 Å². The van der Waals surface area contributed by atoms with E-state index in [1.807, 2.05) is 54.6 Å². The molecule has 2 aromatic heterocycles. The predicted octanol–water partition coefficient (Wildman–Crippen LogP) is 11.3. The van der Waals surface area contributed by atoms with Gasteiger partial charge in [0.2, 0.25) is 5.89 Å². The normalized spacial score (nSPS) is 11.4. The molecule has 0 atom stereocenters. The second-order valence-corrected chi connectivity index (χ2v) is 11.7. The van der Waals surface area contributed by atoms with Crippen molar-refractivity contribution in [1.82, 2.24) is 15.0 Å². The quantitative estimate of drug-likeness (QED) is 0.197. The Morgan fingerprint density at radius 2 is 0.979 bits per heavy atom. The maximum Gasteiger partial charge on any atom is 0.227 e. The molecule has 4 heteroatoms. The summed E-state index contributed by atoms with van der Waals surface area (Å²) in [6, 6.07) is 56.4. The lowest BCUT2D eigenvalue weighted by molar-refractivity contribution is 0.623. The molecule has 0 saturated carbocycles. The zero-order valence-corrected chi connectivity index (χ0v) is 25.3. The van der Waals surface area contributed by atoms with Crippen molar-refractivity contribution in [2.75, 3.05) is 0 Å². The maximum atomic E-state index is 6.28. The van der Waals surface area contributed by atoms with E-state index in [2.05, 4.69) is 109 Å². The van der Waals surface area contributed by atoms with Crippen LogP contribution in [-0.2, 0) is 0 Å². The largest absolute Gasteiger partial charge is 0.435 e. The van der Waals surface area contributed by atoms with E-state index in [0.29, 0.717) is 11.7 Å². The topological polar surface area (TPSA) is 51.8 Å². The minimum atomic E-state index is 0.630. The van der Waals surface area contributed by atoms with Crippen LogP contribution in [0.25, 0.3) is 89.1 Å². The van der Waals surface area contributed by atoms with Gasteiger partial charge in [-0.3, -0.25) is 0 Å². The number of hydrogen-bond acceptors (Lipinski definition) is 4. The number of benzene rings is 7. The van der Waals surface area contributed by atoms with Crippen molar-refractivity contribution in [3.63, 3.8) is 0 Å². The summed E-state index contributed by atoms with van der Waals surface area (Å²) >= 11 is 0. The highest BCUT2D eigenvalue weighted by Gasteiger charge is 2.14. The van der Waals surface area contributed by atoms with E-state index >= 15 is 0 Å². The van der Waals surface area contributed by atoms with Gasteiger partial charge in [-0.05, 0) is 75.8 Å². The van der Waals surface area contributed by atoms with Crippen LogP contribution in [-0.4, -0.2) is 15.0 Å². The van der Waals surface area contributed by atoms with Crippen molar-refractivity contribution >= 4 is 32.6 Å². The smallest absolute Gasteiger partial charge is 0.227 e. The fourth-order valence-corrected chi connectivity index (χ4v) is 6.27. The molecular formula is C43H27N3O. The summed E-state index contributed by atoms with van der Waals surface area (Å²) in [4.78, 5) is 15.0. The van der Waals surface area contributed by atoms with Gasteiger partial charge in [-0.15, -0.1) is 0 Å². The van der Waals surface area contributed by atoms with Crippen molar-refractivity contribution in [3.05, 3.63) is 164 Å². The zero-order valence-electron chi connectivity index (χ0n) is 25.3. The van der Waals surface area contributed by atoms with Gasteiger partial charge in [-0.2, -0.15) is 0 Å². The van der Waals surface area contributed by atoms with Crippen LogP contribution in [0, 0.1) is 0 Å². The molecule has 0 radical (unpaired) electrons. The van der Waals surface area contributed by atoms with Crippen LogP contribution in [0.5, 0.6) is 0 Å². The number of nitrogens with zero attached hydrogens (tertiary/aromatic N) is 3. The number of oxazole rings is 1. The zero-order chi connectivity index (χ0) is 31.2. The van der Waals surface area contributed by atoms with Crippen molar-refractivity contribution < 1.29 is 4.42 Å². The first-order valence-corrected chi connectivity index (χ1v) is 15.7. The van der Waals surface area contributed by atoms with Gasteiger partial charge >= 0.3 is 0 Å². The molecule has 0 aliphatic carbocycles. The van der Waals surface area contributed by atoms with Gasteiger partial charge in [-0.1, -0.05) is 115 Å². The highest BCUT2D eigenvalue weighted by atomic mass is 16.3. The molecular weight excluding hydrogens is 574 g/mol. The Balaban J connectivity index is 1.13. The molecule has 0 unspecified atom stereocenters. The molecule has 0 fully saturated rings. The van der Waals surface area contributed by atoms with Gasteiger partial charge in [0.1, 0.15) is 5.52 Å². The highest BCUT2D eigenvalue weighted by Crippen LogP contribution is 2.35. The highest BCUT2D eigenvalue weighted by molar-refractivity contribution is 6.05. The molecule has 0 aliphatic heterocycles. The summed E-state index contributed by atoms with van der Waals surface area (Å²) in [5.41, 5.74) is 9.67. The van der Waals surface area contributed by atoms with Crippen LogP contribution < -0.4 is 0 Å². The van der Waals surface area contributed by atoms with Gasteiger partial charge in [0.05, 0.1) is 11.4 Å². The Kier molecular flexibility index (Phi) is 6.43. The molecule has 9 rings (SSSR count). The van der Waals surface area contributed by atoms with Gasteiger partial charge < -0.3 is 4.42 Å². The summed E-state index contributed by atoms with van der Waals surface area (Å²) in [5.74, 6) is 1.32. The molecule has 0 amide bonds. The summed E-state index contributed by atoms with van der Waals surface area (Å²) in [6.07, 6.45) is 0. The average molecular weight is 602 g/mol. The van der Waals surface area contributed by atoms with E-state index in [-0.39, 0.29) is 0 Å². The Labute approximate surface area is 271 Å². The first kappa shape index (κ1) is 27.0. The Morgan fingerprint density at radius 1 is 0.362 bits per heavy atom. The Bertz CT molecular complexity index is 2570. The molecule has 47 heavy (non-hydrogen) atoms. The van der Waals surface area contributed by atoms with Gasteiger partial charge in [-0.25, -0.2) is 15.0 Å². The van der Waals surface area contributed by atoms with Crippen LogP contribution in [0.2, 0.25) is 0 Å². The Hall–Kier alpha value is -6.39. The second kappa shape index (κ2) is 11.2. The van der Waals surface area contributed by atoms with Crippen LogP contribution in [0.15, 0.2) is 168 Å². The first-order chi connectivity index (χ1) is 23.2. The van der Waals surface area contributed by atoms with E-state index < -0.39 is 0 Å². The molecule has 0 bridgehead atoms. The van der Waals surface area contributed by atoms with E-state index in [4.69, 9.17) is 19.4 Å². The van der Waals surface area contributed by atoms with Crippen molar-refractivity contribution in [1.29, 1.82) is 0 Å². The van der Waals surface area contributed by atoms with E-state index in [9.17, 15) is 0 Å². The maximum absolute atomic E-state index is 6.28. The lowest BCUT2D eigenvalue weighted by Gasteiger charge is -2.11. The van der Waals surface area contributed by atoms with E-state index in [1.54, 1.807) is 0 Å². The van der Waals surface area contributed by atoms with Gasteiger partial charge in [0.15, 0.2) is 11.4 Å². The molecule has 0 N–H and O–H groups in total. The van der Waals surface area contributed by atoms with Crippen LogP contribution >= 0.6 is 0 Å². The number of hydrogen-bond donors (Lipinski definition) is 0. The standard InChI is InChI=1S/C43H27N3O/c1-3-11-29(12-4-1)39-27-40(35-19-18-28-10-7-8-15-31(28)25-35)45-42(44-39)36-17-9-16-32(26-36)33-20-22-37-34(24-33)21-23-38-41(37)47-43(46-38)30-13-5-2-6-14-30/h1-27H. The van der Waals surface area contributed by atoms with Crippen molar-refractivity contribution in [2.24, 2.45) is 0 Å². The molecule has 9 aromatic rings. The molecule has 4 nitrogen and oxygen atoms in total. The molecule has 0 aliphatic rings. The lowest BCUT2D eigenvalue weighted by Crippen LogP contribution is -1.96. The lowest BCUT2D eigenvalue weighted by atomic mass is 9.99. The molecule has 2 heterocycles. The second-order valence-electron chi connectivity index (χ2n) is 11.7. The van der Waals surface area contributed by atoms with E-state index in [1.165, 1.54) is 10.8 Å². The molecule has 220 valence electrons. The fourth-order valence-electron chi connectivity index (χ4n) is 6.27. The predicted molar refractivity (Wildman–Crippen MR) is 192 cm³/mol. The summed E-state index contributed by atoms with van der Waals surface area (Å²) in [5, 5.41) is 4.52. The molecule has 7 aromatic carbocycles. The summed E-state index contributed by atoms with van der Waals surface area (Å²) in [7, 11) is 0. The first-order valence-electron chi connectivity index (χ1n) is 15.7. The number of fused-ring (bicyclic) bond motifs is 4. The summed E-state index contributed by atoms with van der Waals surface area (Å²) < 4.78 is 6.28.